The molecule has 0 aliphatic carbocycles. The molecular weight excluding hydrogens is 197 g/mol. The molecular formula is C10H8FN3O. The summed E-state index contributed by atoms with van der Waals surface area (Å²) in [5.74, 6) is -1.05. The van der Waals surface area contributed by atoms with E-state index in [0.717, 1.165) is 6.08 Å². The van der Waals surface area contributed by atoms with Crippen molar-refractivity contribution in [3.8, 4) is 0 Å². The highest BCUT2D eigenvalue weighted by atomic mass is 19.1. The number of hydrogen-bond donors (Lipinski definition) is 2. The van der Waals surface area contributed by atoms with E-state index in [-0.39, 0.29) is 0 Å². The molecule has 0 unspecified atom stereocenters. The third kappa shape index (κ3) is 1.71. The van der Waals surface area contributed by atoms with Crippen molar-refractivity contribution in [3.05, 3.63) is 35.8 Å². The smallest absolute Gasteiger partial charge is 0.241 e. The number of fused-ring (bicyclic) bond motifs is 1. The second-order valence-electron chi connectivity index (χ2n) is 3.04. The lowest BCUT2D eigenvalue weighted by molar-refractivity contribution is -0.113. The molecule has 76 valence electrons. The van der Waals surface area contributed by atoms with Gasteiger partial charge in [-0.15, -0.1) is 0 Å². The summed E-state index contributed by atoms with van der Waals surface area (Å²) in [6, 6.07) is 3.27. The van der Waals surface area contributed by atoms with Crippen LogP contribution in [0.25, 0.3) is 17.0 Å². The Morgan fingerprint density at radius 3 is 3.07 bits per heavy atom. The van der Waals surface area contributed by atoms with Crippen molar-refractivity contribution in [3.63, 3.8) is 0 Å². The van der Waals surface area contributed by atoms with E-state index in [1.165, 1.54) is 12.3 Å². The average molecular weight is 205 g/mol. The average Bonchev–Trinajstić information content (AvgIpc) is 2.65. The highest BCUT2D eigenvalue weighted by molar-refractivity contribution is 5.91. The van der Waals surface area contributed by atoms with Gasteiger partial charge in [0.2, 0.25) is 5.91 Å². The summed E-state index contributed by atoms with van der Waals surface area (Å²) < 4.78 is 13.7. The second-order valence-corrected chi connectivity index (χ2v) is 3.04. The Morgan fingerprint density at radius 1 is 1.53 bits per heavy atom. The number of rotatable bonds is 2. The monoisotopic (exact) mass is 205 g/mol. The fourth-order valence-corrected chi connectivity index (χ4v) is 1.30. The van der Waals surface area contributed by atoms with Crippen LogP contribution in [0.4, 0.5) is 4.39 Å². The van der Waals surface area contributed by atoms with Gasteiger partial charge in [-0.3, -0.25) is 9.89 Å². The number of primary amides is 1. The molecule has 2 aromatic rings. The number of nitrogens with one attached hydrogen (secondary N) is 1. The van der Waals surface area contributed by atoms with Crippen molar-refractivity contribution in [2.45, 2.75) is 0 Å². The topological polar surface area (TPSA) is 71.8 Å². The van der Waals surface area contributed by atoms with E-state index in [2.05, 4.69) is 10.2 Å². The van der Waals surface area contributed by atoms with Crippen molar-refractivity contribution < 1.29 is 9.18 Å². The van der Waals surface area contributed by atoms with Crippen molar-refractivity contribution in [2.75, 3.05) is 0 Å². The minimum atomic E-state index is -0.612. The maximum absolute atomic E-state index is 13.7. The van der Waals surface area contributed by atoms with Gasteiger partial charge >= 0.3 is 0 Å². The Balaban J connectivity index is 2.52. The number of aromatic nitrogens is 2. The molecule has 3 N–H and O–H groups in total. The van der Waals surface area contributed by atoms with Gasteiger partial charge in [-0.2, -0.15) is 5.10 Å². The predicted molar refractivity (Wildman–Crippen MR) is 54.3 cm³/mol. The molecule has 2 rings (SSSR count). The molecule has 0 fully saturated rings. The molecule has 1 aromatic carbocycles. The molecule has 0 aliphatic heterocycles. The summed E-state index contributed by atoms with van der Waals surface area (Å²) in [6.07, 6.45) is 3.97. The minimum absolute atomic E-state index is 0.297. The zero-order chi connectivity index (χ0) is 10.8. The van der Waals surface area contributed by atoms with Crippen LogP contribution in [0.2, 0.25) is 0 Å². The maximum Gasteiger partial charge on any atom is 0.241 e. The number of nitrogens with zero attached hydrogens (tertiary/aromatic N) is 1. The van der Waals surface area contributed by atoms with E-state index in [9.17, 15) is 9.18 Å². The quantitative estimate of drug-likeness (QED) is 0.723. The number of aromatic amines is 1. The van der Waals surface area contributed by atoms with Crippen LogP contribution in [0.3, 0.4) is 0 Å². The van der Waals surface area contributed by atoms with Gasteiger partial charge < -0.3 is 5.73 Å². The van der Waals surface area contributed by atoms with Crippen LogP contribution in [-0.2, 0) is 4.79 Å². The Hall–Kier alpha value is -2.17. The van der Waals surface area contributed by atoms with Gasteiger partial charge in [-0.1, -0.05) is 12.1 Å². The van der Waals surface area contributed by atoms with E-state index in [0.29, 0.717) is 16.5 Å². The standard InChI is InChI=1S/C10H8FN3O/c11-9-6(3-4-8(12)15)1-2-7-5-13-14-10(7)9/h1-5H,(H2,12,15)(H,13,14). The van der Waals surface area contributed by atoms with Gasteiger partial charge in [0.25, 0.3) is 0 Å². The Bertz CT molecular complexity index is 545. The van der Waals surface area contributed by atoms with Crippen LogP contribution >= 0.6 is 0 Å². The van der Waals surface area contributed by atoms with Gasteiger partial charge in [-0.05, 0) is 6.08 Å². The zero-order valence-electron chi connectivity index (χ0n) is 7.70. The van der Waals surface area contributed by atoms with E-state index in [1.807, 2.05) is 0 Å². The molecule has 4 nitrogen and oxygen atoms in total. The summed E-state index contributed by atoms with van der Waals surface area (Å²) in [5.41, 5.74) is 5.53. The lowest BCUT2D eigenvalue weighted by Crippen LogP contribution is -2.05. The molecule has 1 aromatic heterocycles. The SMILES string of the molecule is NC(=O)C=Cc1ccc2cn[nH]c2c1F. The van der Waals surface area contributed by atoms with Gasteiger partial charge in [0.15, 0.2) is 5.82 Å². The molecule has 0 saturated carbocycles. The van der Waals surface area contributed by atoms with Gasteiger partial charge in [-0.25, -0.2) is 4.39 Å². The first kappa shape index (κ1) is 9.39. The lowest BCUT2D eigenvalue weighted by Gasteiger charge is -1.97. The van der Waals surface area contributed by atoms with Crippen LogP contribution in [-0.4, -0.2) is 16.1 Å². The molecule has 0 atom stereocenters. The molecule has 0 aliphatic rings. The Kier molecular flexibility index (Phi) is 2.21. The lowest BCUT2D eigenvalue weighted by atomic mass is 10.1. The van der Waals surface area contributed by atoms with Crippen molar-refractivity contribution in [1.82, 2.24) is 10.2 Å². The summed E-state index contributed by atoms with van der Waals surface area (Å²) in [7, 11) is 0. The Morgan fingerprint density at radius 2 is 2.33 bits per heavy atom. The molecule has 5 heteroatoms. The van der Waals surface area contributed by atoms with Gasteiger partial charge in [0.05, 0.1) is 6.20 Å². The van der Waals surface area contributed by atoms with E-state index >= 15 is 0 Å². The van der Waals surface area contributed by atoms with E-state index in [1.54, 1.807) is 12.1 Å². The van der Waals surface area contributed by atoms with Crippen molar-refractivity contribution in [2.24, 2.45) is 5.73 Å². The normalized spacial score (nSPS) is 11.3. The number of amides is 1. The predicted octanol–water partition coefficient (Wildman–Crippen LogP) is 1.20. The zero-order valence-corrected chi connectivity index (χ0v) is 7.70. The first-order chi connectivity index (χ1) is 7.18. The number of carbonyl (C=O) groups is 1. The number of nitrogens with two attached hydrogens (primary N) is 1. The van der Waals surface area contributed by atoms with Gasteiger partial charge in [0, 0.05) is 17.0 Å². The number of carbonyl (C=O) groups excluding carboxylic acids is 1. The highest BCUT2D eigenvalue weighted by Crippen LogP contribution is 2.19. The second kappa shape index (κ2) is 3.53. The molecule has 1 heterocycles. The fraction of sp³-hybridized carbons (Fsp3) is 0. The van der Waals surface area contributed by atoms with Crippen LogP contribution in [0.1, 0.15) is 5.56 Å². The number of hydrogen-bond acceptors (Lipinski definition) is 2. The molecule has 15 heavy (non-hydrogen) atoms. The molecule has 0 bridgehead atoms. The maximum atomic E-state index is 13.7. The van der Waals surface area contributed by atoms with Gasteiger partial charge in [0.1, 0.15) is 5.52 Å². The van der Waals surface area contributed by atoms with Crippen molar-refractivity contribution >= 4 is 22.9 Å². The first-order valence-electron chi connectivity index (χ1n) is 4.27. The Labute approximate surface area is 84.6 Å². The third-order valence-corrected chi connectivity index (χ3v) is 2.01. The summed E-state index contributed by atoms with van der Waals surface area (Å²) in [5, 5.41) is 6.94. The van der Waals surface area contributed by atoms with Crippen LogP contribution < -0.4 is 5.73 Å². The molecule has 0 spiro atoms. The minimum Gasteiger partial charge on any atom is -0.366 e. The van der Waals surface area contributed by atoms with Crippen LogP contribution in [0.15, 0.2) is 24.4 Å². The first-order valence-corrected chi connectivity index (χ1v) is 4.27. The number of halogens is 1. The van der Waals surface area contributed by atoms with E-state index < -0.39 is 11.7 Å². The van der Waals surface area contributed by atoms with E-state index in [4.69, 9.17) is 5.73 Å². The summed E-state index contributed by atoms with van der Waals surface area (Å²) in [4.78, 5) is 10.5. The largest absolute Gasteiger partial charge is 0.366 e. The number of benzene rings is 1. The summed E-state index contributed by atoms with van der Waals surface area (Å²) in [6.45, 7) is 0. The fourth-order valence-electron chi connectivity index (χ4n) is 1.30. The number of H-pyrrole nitrogens is 1. The molecule has 0 radical (unpaired) electrons. The third-order valence-electron chi connectivity index (χ3n) is 2.01. The highest BCUT2D eigenvalue weighted by Gasteiger charge is 2.06. The molecule has 1 amide bonds. The molecule has 0 saturated heterocycles. The van der Waals surface area contributed by atoms with Crippen LogP contribution in [0.5, 0.6) is 0 Å². The summed E-state index contributed by atoms with van der Waals surface area (Å²) >= 11 is 0. The van der Waals surface area contributed by atoms with Crippen molar-refractivity contribution in [1.29, 1.82) is 0 Å². The van der Waals surface area contributed by atoms with Crippen LogP contribution in [0, 0.1) is 5.82 Å².